The molecule has 0 saturated heterocycles. The first-order valence-electron chi connectivity index (χ1n) is 9.33. The van der Waals surface area contributed by atoms with E-state index in [-0.39, 0.29) is 10.6 Å². The number of amides is 1. The number of carbonyl (C=O) groups excluding carboxylic acids is 1. The van der Waals surface area contributed by atoms with E-state index in [1.807, 2.05) is 18.4 Å². The van der Waals surface area contributed by atoms with Gasteiger partial charge in [-0.05, 0) is 67.8 Å². The zero-order valence-electron chi connectivity index (χ0n) is 16.9. The standard InChI is InChI=1S/C22H21ClN2O4S2/c1-3-29-20-13-12-17(31(27,28)25-18-6-4-5-7-21(18)30-2)14-19(20)24-22(26)15-8-10-16(23)11-9-15/h4-14,25H,3H2,1-2H3,(H,24,26). The number of halogens is 1. The summed E-state index contributed by atoms with van der Waals surface area (Å²) in [6.45, 7) is 2.16. The number of benzene rings is 3. The number of nitrogens with one attached hydrogen (secondary N) is 2. The maximum Gasteiger partial charge on any atom is 0.262 e. The molecule has 0 aliphatic heterocycles. The van der Waals surface area contributed by atoms with Crippen LogP contribution in [-0.4, -0.2) is 27.2 Å². The average Bonchev–Trinajstić information content (AvgIpc) is 2.75. The fraction of sp³-hybridized carbons (Fsp3) is 0.136. The molecule has 1 amide bonds. The first-order chi connectivity index (χ1) is 14.8. The Morgan fingerprint density at radius 1 is 1.03 bits per heavy atom. The third-order valence-corrected chi connectivity index (χ3v) is 6.68. The average molecular weight is 477 g/mol. The van der Waals surface area contributed by atoms with Gasteiger partial charge in [-0.2, -0.15) is 0 Å². The number of carbonyl (C=O) groups is 1. The molecule has 0 aromatic heterocycles. The molecule has 31 heavy (non-hydrogen) atoms. The zero-order chi connectivity index (χ0) is 22.4. The van der Waals surface area contributed by atoms with E-state index in [1.165, 1.54) is 30.0 Å². The van der Waals surface area contributed by atoms with E-state index >= 15 is 0 Å². The van der Waals surface area contributed by atoms with Crippen molar-refractivity contribution >= 4 is 50.7 Å². The number of ether oxygens (including phenoxy) is 1. The monoisotopic (exact) mass is 476 g/mol. The maximum atomic E-state index is 13.0. The normalized spacial score (nSPS) is 11.1. The molecule has 0 unspecified atom stereocenters. The first-order valence-corrected chi connectivity index (χ1v) is 12.4. The van der Waals surface area contributed by atoms with Crippen molar-refractivity contribution in [1.29, 1.82) is 0 Å². The lowest BCUT2D eigenvalue weighted by atomic mass is 10.2. The van der Waals surface area contributed by atoms with Crippen molar-refractivity contribution in [2.24, 2.45) is 0 Å². The quantitative estimate of drug-likeness (QED) is 0.418. The molecule has 0 spiro atoms. The third kappa shape index (κ3) is 5.72. The fourth-order valence-corrected chi connectivity index (χ4v) is 4.63. The van der Waals surface area contributed by atoms with Gasteiger partial charge in [-0.3, -0.25) is 9.52 Å². The van der Waals surface area contributed by atoms with Crippen LogP contribution in [0.25, 0.3) is 0 Å². The summed E-state index contributed by atoms with van der Waals surface area (Å²) in [6.07, 6.45) is 1.87. The molecule has 9 heteroatoms. The third-order valence-electron chi connectivity index (χ3n) is 4.27. The number of sulfonamides is 1. The lowest BCUT2D eigenvalue weighted by molar-refractivity contribution is 0.102. The van der Waals surface area contributed by atoms with Crippen molar-refractivity contribution in [2.75, 3.05) is 22.9 Å². The van der Waals surface area contributed by atoms with Crippen molar-refractivity contribution in [1.82, 2.24) is 0 Å². The van der Waals surface area contributed by atoms with Crippen LogP contribution in [0.1, 0.15) is 17.3 Å². The molecular weight excluding hydrogens is 456 g/mol. The summed E-state index contributed by atoms with van der Waals surface area (Å²) in [6, 6.07) is 17.8. The second kappa shape index (κ2) is 10.1. The second-order valence-corrected chi connectivity index (χ2v) is 9.32. The summed E-state index contributed by atoms with van der Waals surface area (Å²) in [5.41, 5.74) is 1.12. The predicted octanol–water partition coefficient (Wildman–Crippen LogP) is 5.51. The summed E-state index contributed by atoms with van der Waals surface area (Å²) >= 11 is 7.31. The number of hydrogen-bond donors (Lipinski definition) is 2. The minimum absolute atomic E-state index is 0.00161. The molecule has 0 fully saturated rings. The van der Waals surface area contributed by atoms with Crippen molar-refractivity contribution in [2.45, 2.75) is 16.7 Å². The molecule has 0 aliphatic carbocycles. The largest absolute Gasteiger partial charge is 0.492 e. The number of para-hydroxylation sites is 1. The molecule has 3 rings (SSSR count). The van der Waals surface area contributed by atoms with Crippen molar-refractivity contribution in [3.05, 3.63) is 77.3 Å². The van der Waals surface area contributed by atoms with Gasteiger partial charge in [0.2, 0.25) is 0 Å². The van der Waals surface area contributed by atoms with E-state index in [0.717, 1.165) is 4.90 Å². The number of thioether (sulfide) groups is 1. The Balaban J connectivity index is 1.93. The molecule has 162 valence electrons. The number of hydrogen-bond acceptors (Lipinski definition) is 5. The Labute approximate surface area is 191 Å². The lowest BCUT2D eigenvalue weighted by Gasteiger charge is -2.15. The van der Waals surface area contributed by atoms with Gasteiger partial charge in [-0.15, -0.1) is 11.8 Å². The van der Waals surface area contributed by atoms with Crippen molar-refractivity contribution in [3.63, 3.8) is 0 Å². The van der Waals surface area contributed by atoms with Gasteiger partial charge >= 0.3 is 0 Å². The van der Waals surface area contributed by atoms with E-state index in [0.29, 0.717) is 28.6 Å². The predicted molar refractivity (Wildman–Crippen MR) is 126 cm³/mol. The topological polar surface area (TPSA) is 84.5 Å². The smallest absolute Gasteiger partial charge is 0.262 e. The van der Waals surface area contributed by atoms with Crippen LogP contribution < -0.4 is 14.8 Å². The highest BCUT2D eigenvalue weighted by Crippen LogP contribution is 2.31. The summed E-state index contributed by atoms with van der Waals surface area (Å²) in [4.78, 5) is 13.4. The van der Waals surface area contributed by atoms with Crippen LogP contribution >= 0.6 is 23.4 Å². The van der Waals surface area contributed by atoms with Gasteiger partial charge in [0.05, 0.1) is 22.9 Å². The molecule has 3 aromatic carbocycles. The van der Waals surface area contributed by atoms with Crippen LogP contribution in [-0.2, 0) is 10.0 Å². The lowest BCUT2D eigenvalue weighted by Crippen LogP contribution is -2.16. The molecular formula is C22H21ClN2O4S2. The molecule has 0 aliphatic rings. The molecule has 0 saturated carbocycles. The Bertz CT molecular complexity index is 1180. The van der Waals surface area contributed by atoms with Gasteiger partial charge < -0.3 is 10.1 Å². The van der Waals surface area contributed by atoms with Gasteiger partial charge in [-0.25, -0.2) is 8.42 Å². The maximum absolute atomic E-state index is 13.0. The van der Waals surface area contributed by atoms with Crippen LogP contribution in [0, 0.1) is 0 Å². The highest BCUT2D eigenvalue weighted by Gasteiger charge is 2.19. The Hall–Kier alpha value is -2.68. The van der Waals surface area contributed by atoms with Crippen LogP contribution in [0.5, 0.6) is 5.75 Å². The summed E-state index contributed by atoms with van der Waals surface area (Å²) in [7, 11) is -3.89. The summed E-state index contributed by atoms with van der Waals surface area (Å²) in [5, 5.41) is 3.24. The van der Waals surface area contributed by atoms with E-state index in [9.17, 15) is 13.2 Å². The van der Waals surface area contributed by atoms with Gasteiger partial charge in [-0.1, -0.05) is 23.7 Å². The van der Waals surface area contributed by atoms with Crippen LogP contribution in [0.4, 0.5) is 11.4 Å². The number of rotatable bonds is 8. The van der Waals surface area contributed by atoms with Gasteiger partial charge in [0, 0.05) is 15.5 Å². The molecule has 0 heterocycles. The minimum Gasteiger partial charge on any atom is -0.492 e. The van der Waals surface area contributed by atoms with E-state index in [4.69, 9.17) is 16.3 Å². The SMILES string of the molecule is CCOc1ccc(S(=O)(=O)Nc2ccccc2SC)cc1NC(=O)c1ccc(Cl)cc1. The summed E-state index contributed by atoms with van der Waals surface area (Å²) in [5.74, 6) is -0.0406. The highest BCUT2D eigenvalue weighted by molar-refractivity contribution is 7.99. The molecule has 0 radical (unpaired) electrons. The highest BCUT2D eigenvalue weighted by atomic mass is 35.5. The Kier molecular flexibility index (Phi) is 7.48. The molecule has 6 nitrogen and oxygen atoms in total. The fourth-order valence-electron chi connectivity index (χ4n) is 2.78. The summed E-state index contributed by atoms with van der Waals surface area (Å²) < 4.78 is 34.2. The van der Waals surface area contributed by atoms with Gasteiger partial charge in [0.25, 0.3) is 15.9 Å². The van der Waals surface area contributed by atoms with Crippen LogP contribution in [0.3, 0.4) is 0 Å². The van der Waals surface area contributed by atoms with Crippen LogP contribution in [0.2, 0.25) is 5.02 Å². The van der Waals surface area contributed by atoms with Crippen molar-refractivity contribution < 1.29 is 17.9 Å². The van der Waals surface area contributed by atoms with E-state index < -0.39 is 15.9 Å². The van der Waals surface area contributed by atoms with Crippen LogP contribution in [0.15, 0.2) is 76.5 Å². The second-order valence-electron chi connectivity index (χ2n) is 6.36. The molecule has 3 aromatic rings. The van der Waals surface area contributed by atoms with E-state index in [1.54, 1.807) is 43.3 Å². The zero-order valence-corrected chi connectivity index (χ0v) is 19.3. The molecule has 2 N–H and O–H groups in total. The Morgan fingerprint density at radius 2 is 1.74 bits per heavy atom. The van der Waals surface area contributed by atoms with Crippen molar-refractivity contribution in [3.8, 4) is 5.75 Å². The van der Waals surface area contributed by atoms with Gasteiger partial charge in [0.15, 0.2) is 0 Å². The first kappa shape index (κ1) is 23.0. The number of anilines is 2. The molecule has 0 bridgehead atoms. The van der Waals surface area contributed by atoms with E-state index in [2.05, 4.69) is 10.0 Å². The molecule has 0 atom stereocenters. The van der Waals surface area contributed by atoms with Gasteiger partial charge in [0.1, 0.15) is 5.75 Å². The Morgan fingerprint density at radius 3 is 2.42 bits per heavy atom. The minimum atomic E-state index is -3.89.